The lowest BCUT2D eigenvalue weighted by Gasteiger charge is -2.39. The number of ether oxygens (including phenoxy) is 1. The van der Waals surface area contributed by atoms with E-state index in [0.29, 0.717) is 0 Å². The van der Waals surface area contributed by atoms with Gasteiger partial charge in [-0.1, -0.05) is 136 Å². The van der Waals surface area contributed by atoms with Crippen molar-refractivity contribution in [3.63, 3.8) is 0 Å². The average Bonchev–Trinajstić information content (AvgIpc) is 3.57. The first-order chi connectivity index (χ1) is 27.8. The molecule has 0 saturated carbocycles. The molecule has 0 bridgehead atoms. The topological polar surface area (TPSA) is 29.4 Å². The number of fused-ring (bicyclic) bond motifs is 7. The summed E-state index contributed by atoms with van der Waals surface area (Å²) in [5.74, 6) is 1.71. The molecule has 0 aliphatic carbocycles. The average molecular weight is 732 g/mol. The van der Waals surface area contributed by atoms with Crippen LogP contribution in [0.25, 0.3) is 49.4 Å². The highest BCUT2D eigenvalue weighted by Crippen LogP contribution is 2.57. The van der Waals surface area contributed by atoms with E-state index in [1.54, 1.807) is 0 Å². The van der Waals surface area contributed by atoms with Crippen LogP contribution in [0.4, 0.5) is 28.4 Å². The van der Waals surface area contributed by atoms with E-state index < -0.39 is 0 Å². The second-order valence-corrected chi connectivity index (χ2v) is 17.4. The Morgan fingerprint density at radius 1 is 0.561 bits per heavy atom. The predicted octanol–water partition coefficient (Wildman–Crippen LogP) is 11.9. The number of aromatic nitrogens is 1. The maximum atomic E-state index is 6.64. The first-order valence-corrected chi connectivity index (χ1v) is 20.2. The number of nitrogens with one attached hydrogen (secondary N) is 1. The molecule has 4 nitrogen and oxygen atoms in total. The van der Waals surface area contributed by atoms with E-state index in [0.717, 1.165) is 35.8 Å². The van der Waals surface area contributed by atoms with Gasteiger partial charge in [0, 0.05) is 38.5 Å². The first kappa shape index (κ1) is 31.5. The normalized spacial score (nSPS) is 15.7. The third kappa shape index (κ3) is 3.85. The van der Waals surface area contributed by atoms with E-state index in [9.17, 15) is 0 Å². The summed E-state index contributed by atoms with van der Waals surface area (Å²) < 4.78 is 9.31. The monoisotopic (exact) mass is 731 g/mol. The van der Waals surface area contributed by atoms with Crippen LogP contribution in [-0.2, 0) is 10.8 Å². The third-order valence-electron chi connectivity index (χ3n) is 13.7. The number of anilines is 5. The van der Waals surface area contributed by atoms with Gasteiger partial charge in [0.15, 0.2) is 18.8 Å². The summed E-state index contributed by atoms with van der Waals surface area (Å²) in [6.07, 6.45) is 0. The second-order valence-electron chi connectivity index (χ2n) is 17.4. The molecule has 9 aromatic rings. The number of para-hydroxylation sites is 7. The number of rotatable bonds is 2. The van der Waals surface area contributed by atoms with Crippen molar-refractivity contribution in [1.82, 2.24) is 4.57 Å². The minimum atomic E-state index is -0.213. The van der Waals surface area contributed by atoms with E-state index in [4.69, 9.17) is 4.74 Å². The Balaban J connectivity index is 1.25. The molecule has 8 aromatic carbocycles. The number of hydrogen-bond donors (Lipinski definition) is 1. The summed E-state index contributed by atoms with van der Waals surface area (Å²) in [6.45, 7) is 9.60. The fraction of sp³-hybridized carbons (Fsp3) is 0.115. The molecule has 0 atom stereocenters. The van der Waals surface area contributed by atoms with Gasteiger partial charge in [0.2, 0.25) is 0 Å². The van der Waals surface area contributed by atoms with Crippen molar-refractivity contribution in [3.8, 4) is 28.3 Å². The zero-order chi connectivity index (χ0) is 37.9. The van der Waals surface area contributed by atoms with Crippen LogP contribution in [0, 0.1) is 0 Å². The third-order valence-corrected chi connectivity index (χ3v) is 13.7. The van der Waals surface area contributed by atoms with Gasteiger partial charge < -0.3 is 19.5 Å². The lowest BCUT2D eigenvalue weighted by molar-refractivity contribution is 0.477. The van der Waals surface area contributed by atoms with E-state index in [1.807, 2.05) is 0 Å². The Kier molecular flexibility index (Phi) is 5.84. The van der Waals surface area contributed by atoms with Crippen molar-refractivity contribution in [2.45, 2.75) is 38.5 Å². The maximum absolute atomic E-state index is 6.64. The van der Waals surface area contributed by atoms with Crippen LogP contribution < -0.4 is 25.9 Å². The molecule has 57 heavy (non-hydrogen) atoms. The molecular formula is C52H38BN3O. The van der Waals surface area contributed by atoms with Crippen LogP contribution in [0.5, 0.6) is 11.5 Å². The van der Waals surface area contributed by atoms with Crippen LogP contribution in [0.2, 0.25) is 0 Å². The van der Waals surface area contributed by atoms with Crippen molar-refractivity contribution >= 4 is 79.2 Å². The molecule has 270 valence electrons. The van der Waals surface area contributed by atoms with Crippen LogP contribution in [0.15, 0.2) is 146 Å². The summed E-state index contributed by atoms with van der Waals surface area (Å²) in [5.41, 5.74) is 19.8. The maximum Gasteiger partial charge on any atom is 0.198 e. The zero-order valence-corrected chi connectivity index (χ0v) is 32.4. The quantitative estimate of drug-likeness (QED) is 0.180. The van der Waals surface area contributed by atoms with Crippen molar-refractivity contribution in [2.75, 3.05) is 10.2 Å². The summed E-state index contributed by atoms with van der Waals surface area (Å²) in [4.78, 5) is 2.47. The highest BCUT2D eigenvalue weighted by Gasteiger charge is 2.42. The number of benzene rings is 8. The molecule has 4 aliphatic heterocycles. The van der Waals surface area contributed by atoms with Gasteiger partial charge in [-0.2, -0.15) is 0 Å². The van der Waals surface area contributed by atoms with Crippen LogP contribution in [0.3, 0.4) is 0 Å². The van der Waals surface area contributed by atoms with Crippen molar-refractivity contribution in [1.29, 1.82) is 0 Å². The summed E-state index contributed by atoms with van der Waals surface area (Å²) in [5, 5.41) is 9.15. The first-order valence-electron chi connectivity index (χ1n) is 20.2. The van der Waals surface area contributed by atoms with Gasteiger partial charge in [-0.05, 0) is 86.5 Å². The zero-order valence-electron chi connectivity index (χ0n) is 32.4. The van der Waals surface area contributed by atoms with Gasteiger partial charge in [0.25, 0.3) is 0 Å². The minimum absolute atomic E-state index is 0.183. The van der Waals surface area contributed by atoms with E-state index in [-0.39, 0.29) is 10.8 Å². The Morgan fingerprint density at radius 3 is 2.07 bits per heavy atom. The lowest BCUT2D eigenvalue weighted by atomic mass is 9.57. The van der Waals surface area contributed by atoms with Crippen molar-refractivity contribution in [3.05, 3.63) is 168 Å². The smallest absolute Gasteiger partial charge is 0.198 e. The van der Waals surface area contributed by atoms with E-state index in [2.05, 4.69) is 188 Å². The Bertz CT molecular complexity index is 3250. The molecule has 0 unspecified atom stereocenters. The number of nitrogens with zero attached hydrogens (tertiary/aromatic N) is 2. The SMILES string of the molecule is CC1(C)c2ccccc2Nc2c(-c3cc(N4c5ccccc5Oc5ccccc54)c4c5cc6ccccc6c6c5n5c4c3Bc3cccc(c3-5)C6(C)C)cccc21. The molecule has 5 heteroatoms. The summed E-state index contributed by atoms with van der Waals surface area (Å²) in [7, 11) is 0.844. The van der Waals surface area contributed by atoms with Crippen molar-refractivity contribution < 1.29 is 4.74 Å². The second kappa shape index (κ2) is 10.6. The van der Waals surface area contributed by atoms with E-state index >= 15 is 0 Å². The van der Waals surface area contributed by atoms with Gasteiger partial charge in [0.1, 0.15) is 0 Å². The van der Waals surface area contributed by atoms with Crippen LogP contribution in [-0.4, -0.2) is 11.8 Å². The molecule has 0 amide bonds. The van der Waals surface area contributed by atoms with Crippen LogP contribution >= 0.6 is 0 Å². The Labute approximate surface area is 332 Å². The van der Waals surface area contributed by atoms with Gasteiger partial charge >= 0.3 is 0 Å². The highest BCUT2D eigenvalue weighted by atomic mass is 16.5. The van der Waals surface area contributed by atoms with Crippen LogP contribution in [0.1, 0.15) is 49.9 Å². The fourth-order valence-electron chi connectivity index (χ4n) is 11.2. The Hall–Kier alpha value is -6.72. The molecule has 0 fully saturated rings. The van der Waals surface area contributed by atoms with Crippen molar-refractivity contribution in [2.24, 2.45) is 0 Å². The van der Waals surface area contributed by atoms with E-state index in [1.165, 1.54) is 93.9 Å². The Morgan fingerprint density at radius 2 is 1.25 bits per heavy atom. The molecule has 13 rings (SSSR count). The minimum Gasteiger partial charge on any atom is -0.453 e. The standard InChI is InChI=1S/C52H38BN3O/c1-51(2)34-18-7-8-22-38(34)54-47-31(17-13-19-35(47)51)32-28-41(55-39-23-9-11-25-42(39)57-43-26-12-10-24-40(43)55)44-33-27-29-15-5-6-16-30(29)45-48(33)56-49-36(52(45,3)4)20-14-21-37(49)53-46(32)50(44)56/h5-28,53-54H,1-4H3. The molecule has 1 N–H and O–H groups in total. The highest BCUT2D eigenvalue weighted by molar-refractivity contribution is 6.74. The number of hydrogen-bond acceptors (Lipinski definition) is 3. The molecule has 1 aromatic heterocycles. The molecule has 4 aliphatic rings. The summed E-state index contributed by atoms with van der Waals surface area (Å²) >= 11 is 0. The largest absolute Gasteiger partial charge is 0.453 e. The summed E-state index contributed by atoms with van der Waals surface area (Å²) in [6, 6.07) is 53.8. The molecule has 5 heterocycles. The molecule has 0 saturated heterocycles. The van der Waals surface area contributed by atoms with Gasteiger partial charge in [0.05, 0.1) is 33.8 Å². The molecule has 0 radical (unpaired) electrons. The molecule has 0 spiro atoms. The van der Waals surface area contributed by atoms with Gasteiger partial charge in [-0.3, -0.25) is 0 Å². The molecular weight excluding hydrogens is 693 g/mol. The van der Waals surface area contributed by atoms with Gasteiger partial charge in [-0.25, -0.2) is 0 Å². The fourth-order valence-corrected chi connectivity index (χ4v) is 11.2. The van der Waals surface area contributed by atoms with Gasteiger partial charge in [-0.15, -0.1) is 0 Å². The predicted molar refractivity (Wildman–Crippen MR) is 239 cm³/mol. The lowest BCUT2D eigenvalue weighted by Crippen LogP contribution is -2.41.